The van der Waals surface area contributed by atoms with Gasteiger partial charge in [0.05, 0.1) is 17.5 Å². The van der Waals surface area contributed by atoms with Crippen molar-refractivity contribution in [2.75, 3.05) is 6.61 Å². The summed E-state index contributed by atoms with van der Waals surface area (Å²) in [6.45, 7) is 7.88. The maximum absolute atomic E-state index is 13.3. The second kappa shape index (κ2) is 10.4. The predicted octanol–water partition coefficient (Wildman–Crippen LogP) is 7.26. The zero-order chi connectivity index (χ0) is 24.1. The summed E-state index contributed by atoms with van der Waals surface area (Å²) in [5.74, 6) is 1.57. The van der Waals surface area contributed by atoms with Crippen molar-refractivity contribution in [3.63, 3.8) is 0 Å². The summed E-state index contributed by atoms with van der Waals surface area (Å²) < 4.78 is 7.71. The van der Waals surface area contributed by atoms with Gasteiger partial charge in [-0.05, 0) is 78.8 Å². The van der Waals surface area contributed by atoms with E-state index >= 15 is 0 Å². The quantitative estimate of drug-likeness (QED) is 0.252. The van der Waals surface area contributed by atoms with Gasteiger partial charge in [-0.25, -0.2) is 4.98 Å². The molecule has 0 fully saturated rings. The predicted molar refractivity (Wildman–Crippen MR) is 141 cm³/mol. The molecule has 0 unspecified atom stereocenters. The van der Waals surface area contributed by atoms with Gasteiger partial charge < -0.3 is 4.74 Å². The minimum atomic E-state index is -0.00858. The van der Waals surface area contributed by atoms with Crippen molar-refractivity contribution in [1.29, 1.82) is 0 Å². The summed E-state index contributed by atoms with van der Waals surface area (Å²) in [6.07, 6.45) is 2.75. The van der Waals surface area contributed by atoms with Crippen molar-refractivity contribution in [2.45, 2.75) is 52.0 Å². The Balaban J connectivity index is 1.40. The first-order chi connectivity index (χ1) is 16.3. The van der Waals surface area contributed by atoms with Gasteiger partial charge in [0, 0.05) is 17.1 Å². The molecule has 0 saturated carbocycles. The summed E-state index contributed by atoms with van der Waals surface area (Å²) in [7, 11) is 0. The topological polar surface area (TPSA) is 44.1 Å². The molecule has 0 atom stereocenters. The largest absolute Gasteiger partial charge is 0.494 e. The normalized spacial score (nSPS) is 11.6. The van der Waals surface area contributed by atoms with Crippen molar-refractivity contribution < 1.29 is 4.74 Å². The number of rotatable bonds is 8. The maximum Gasteiger partial charge on any atom is 0.261 e. The van der Waals surface area contributed by atoms with E-state index in [9.17, 15) is 4.79 Å². The highest BCUT2D eigenvalue weighted by molar-refractivity contribution is 6.30. The van der Waals surface area contributed by atoms with Crippen LogP contribution < -0.4 is 10.3 Å². The highest BCUT2D eigenvalue weighted by atomic mass is 35.5. The van der Waals surface area contributed by atoms with E-state index in [1.54, 1.807) is 4.57 Å². The van der Waals surface area contributed by atoms with Crippen molar-refractivity contribution in [3.05, 3.63) is 93.7 Å². The molecule has 3 aromatic carbocycles. The number of aromatic nitrogens is 2. The van der Waals surface area contributed by atoms with Crippen LogP contribution in [0, 0.1) is 0 Å². The number of fused-ring (bicyclic) bond motifs is 1. The fraction of sp³-hybridized carbons (Fsp3) is 0.310. The summed E-state index contributed by atoms with van der Waals surface area (Å²) in [5.41, 5.74) is 3.02. The molecule has 0 spiro atoms. The number of hydrogen-bond acceptors (Lipinski definition) is 3. The first-order valence-corrected chi connectivity index (χ1v) is 12.2. The Bertz CT molecular complexity index is 1300. The van der Waals surface area contributed by atoms with Crippen LogP contribution in [0.25, 0.3) is 22.3 Å². The lowest BCUT2D eigenvalue weighted by Gasteiger charge is -2.19. The molecule has 0 N–H and O–H groups in total. The van der Waals surface area contributed by atoms with Gasteiger partial charge in [-0.15, -0.1) is 0 Å². The monoisotopic (exact) mass is 474 g/mol. The van der Waals surface area contributed by atoms with Crippen LogP contribution in [0.1, 0.15) is 45.6 Å². The van der Waals surface area contributed by atoms with E-state index in [-0.39, 0.29) is 11.0 Å². The Morgan fingerprint density at radius 2 is 1.59 bits per heavy atom. The maximum atomic E-state index is 13.3. The molecule has 0 aliphatic rings. The zero-order valence-corrected chi connectivity index (χ0v) is 20.8. The van der Waals surface area contributed by atoms with E-state index in [0.29, 0.717) is 34.9 Å². The molecule has 34 heavy (non-hydrogen) atoms. The molecule has 4 nitrogen and oxygen atoms in total. The van der Waals surface area contributed by atoms with E-state index in [4.69, 9.17) is 21.3 Å². The lowest BCUT2D eigenvalue weighted by molar-refractivity contribution is 0.303. The number of unbranched alkanes of at least 4 members (excludes halogenated alkanes) is 2. The molecule has 0 saturated heterocycles. The van der Waals surface area contributed by atoms with Crippen molar-refractivity contribution in [3.8, 4) is 17.1 Å². The van der Waals surface area contributed by atoms with E-state index in [1.807, 2.05) is 60.7 Å². The number of benzene rings is 3. The smallest absolute Gasteiger partial charge is 0.261 e. The highest BCUT2D eigenvalue weighted by Gasteiger charge is 2.14. The third-order valence-electron chi connectivity index (χ3n) is 5.98. The van der Waals surface area contributed by atoms with E-state index < -0.39 is 0 Å². The molecular formula is C29H31ClN2O2. The van der Waals surface area contributed by atoms with Gasteiger partial charge >= 0.3 is 0 Å². The van der Waals surface area contributed by atoms with Crippen LogP contribution in [0.3, 0.4) is 0 Å². The minimum Gasteiger partial charge on any atom is -0.494 e. The van der Waals surface area contributed by atoms with E-state index in [0.717, 1.165) is 30.6 Å². The second-order valence-electron chi connectivity index (χ2n) is 9.60. The Hall–Kier alpha value is -3.11. The van der Waals surface area contributed by atoms with Crippen molar-refractivity contribution in [2.24, 2.45) is 0 Å². The van der Waals surface area contributed by atoms with Crippen molar-refractivity contribution in [1.82, 2.24) is 9.55 Å². The first-order valence-electron chi connectivity index (χ1n) is 11.8. The van der Waals surface area contributed by atoms with Gasteiger partial charge in [-0.3, -0.25) is 9.36 Å². The van der Waals surface area contributed by atoms with Crippen molar-refractivity contribution >= 4 is 22.5 Å². The van der Waals surface area contributed by atoms with Gasteiger partial charge in [0.25, 0.3) is 5.56 Å². The molecule has 176 valence electrons. The van der Waals surface area contributed by atoms with Gasteiger partial charge in [-0.1, -0.05) is 56.6 Å². The molecule has 0 amide bonds. The van der Waals surface area contributed by atoms with Crippen LogP contribution in [-0.4, -0.2) is 16.2 Å². The molecule has 0 aliphatic heterocycles. The molecule has 0 aliphatic carbocycles. The third kappa shape index (κ3) is 5.68. The Kier molecular flexibility index (Phi) is 7.38. The molecule has 0 radical (unpaired) electrons. The summed E-state index contributed by atoms with van der Waals surface area (Å²) in [6, 6.07) is 23.3. The van der Waals surface area contributed by atoms with Gasteiger partial charge in [0.2, 0.25) is 0 Å². The fourth-order valence-corrected chi connectivity index (χ4v) is 4.11. The average molecular weight is 475 g/mol. The first kappa shape index (κ1) is 24.0. The lowest BCUT2D eigenvalue weighted by atomic mass is 9.87. The van der Waals surface area contributed by atoms with Crippen LogP contribution in [0.2, 0.25) is 5.02 Å². The fourth-order valence-electron chi connectivity index (χ4n) is 3.98. The van der Waals surface area contributed by atoms with Crippen LogP contribution in [0.5, 0.6) is 5.75 Å². The number of halogens is 1. The SMILES string of the molecule is CC(C)(C)c1ccc(OCCCCCn2c(-c3ccc(Cl)cc3)nc3ccccc3c2=O)cc1. The van der Waals surface area contributed by atoms with E-state index in [2.05, 4.69) is 32.9 Å². The molecule has 1 heterocycles. The summed E-state index contributed by atoms with van der Waals surface area (Å²) in [4.78, 5) is 18.1. The van der Waals surface area contributed by atoms with Crippen LogP contribution in [-0.2, 0) is 12.0 Å². The number of hydrogen-bond donors (Lipinski definition) is 0. The Morgan fingerprint density at radius 3 is 2.29 bits per heavy atom. The zero-order valence-electron chi connectivity index (χ0n) is 20.1. The summed E-state index contributed by atoms with van der Waals surface area (Å²) in [5, 5.41) is 1.30. The van der Waals surface area contributed by atoms with Gasteiger partial charge in [0.1, 0.15) is 11.6 Å². The average Bonchev–Trinajstić information content (AvgIpc) is 2.82. The van der Waals surface area contributed by atoms with Gasteiger partial charge in [-0.2, -0.15) is 0 Å². The molecule has 4 rings (SSSR count). The molecular weight excluding hydrogens is 444 g/mol. The molecule has 5 heteroatoms. The number of para-hydroxylation sites is 1. The van der Waals surface area contributed by atoms with Crippen LogP contribution in [0.15, 0.2) is 77.6 Å². The van der Waals surface area contributed by atoms with Crippen LogP contribution >= 0.6 is 11.6 Å². The molecule has 1 aromatic heterocycles. The molecule has 4 aromatic rings. The van der Waals surface area contributed by atoms with E-state index in [1.165, 1.54) is 5.56 Å². The Labute approximate surface area is 206 Å². The van der Waals surface area contributed by atoms with Crippen LogP contribution in [0.4, 0.5) is 0 Å². The third-order valence-corrected chi connectivity index (χ3v) is 6.23. The summed E-state index contributed by atoms with van der Waals surface area (Å²) >= 11 is 6.07. The minimum absolute atomic E-state index is 0.00858. The molecule has 0 bridgehead atoms. The van der Waals surface area contributed by atoms with Gasteiger partial charge in [0.15, 0.2) is 0 Å². The Morgan fingerprint density at radius 1 is 0.882 bits per heavy atom. The lowest BCUT2D eigenvalue weighted by Crippen LogP contribution is -2.23. The number of nitrogens with zero attached hydrogens (tertiary/aromatic N) is 2. The second-order valence-corrected chi connectivity index (χ2v) is 10.0. The number of ether oxygens (including phenoxy) is 1. The standard InChI is InChI=1S/C29H31ClN2O2/c1-29(2,3)22-13-17-24(18-14-22)34-20-8-4-7-19-32-27(21-11-15-23(30)16-12-21)31-26-10-6-5-9-25(26)28(32)33/h5-6,9-18H,4,7-8,19-20H2,1-3H3. The highest BCUT2D eigenvalue weighted by Crippen LogP contribution is 2.25.